The van der Waals surface area contributed by atoms with E-state index in [-0.39, 0.29) is 5.75 Å². The second-order valence-corrected chi connectivity index (χ2v) is 5.25. The fourth-order valence-corrected chi connectivity index (χ4v) is 2.58. The molecule has 0 spiro atoms. The van der Waals surface area contributed by atoms with Crippen molar-refractivity contribution in [2.45, 2.75) is 0 Å². The maximum absolute atomic E-state index is 9.24. The van der Waals surface area contributed by atoms with Crippen molar-refractivity contribution in [2.75, 3.05) is 0 Å². The standard InChI is InChI=1S/C17H13NOS/c19-15-9-6-13(7-10-15)8-11-17-18-16(12-20-17)14-4-2-1-3-5-14/h1-12,19H. The molecule has 2 nitrogen and oxygen atoms in total. The van der Waals surface area contributed by atoms with Crippen molar-refractivity contribution in [3.63, 3.8) is 0 Å². The van der Waals surface area contributed by atoms with Crippen LogP contribution in [0.5, 0.6) is 5.75 Å². The van der Waals surface area contributed by atoms with Gasteiger partial charge in [-0.05, 0) is 23.8 Å². The molecular weight excluding hydrogens is 266 g/mol. The summed E-state index contributed by atoms with van der Waals surface area (Å²) in [5.41, 5.74) is 3.17. The highest BCUT2D eigenvalue weighted by atomic mass is 32.1. The van der Waals surface area contributed by atoms with E-state index in [1.807, 2.05) is 42.5 Å². The fourth-order valence-electron chi connectivity index (χ4n) is 1.86. The predicted molar refractivity (Wildman–Crippen MR) is 84.6 cm³/mol. The Morgan fingerprint density at radius 2 is 1.65 bits per heavy atom. The lowest BCUT2D eigenvalue weighted by Crippen LogP contribution is -1.77. The number of nitrogens with zero attached hydrogens (tertiary/aromatic N) is 1. The lowest BCUT2D eigenvalue weighted by atomic mass is 10.2. The number of phenols is 1. The lowest BCUT2D eigenvalue weighted by Gasteiger charge is -1.94. The number of phenolic OH excluding ortho intramolecular Hbond substituents is 1. The first-order valence-corrected chi connectivity index (χ1v) is 7.17. The van der Waals surface area contributed by atoms with E-state index < -0.39 is 0 Å². The molecule has 1 heterocycles. The van der Waals surface area contributed by atoms with Gasteiger partial charge in [0.05, 0.1) is 5.69 Å². The maximum Gasteiger partial charge on any atom is 0.116 e. The van der Waals surface area contributed by atoms with E-state index in [9.17, 15) is 5.11 Å². The molecule has 0 saturated carbocycles. The smallest absolute Gasteiger partial charge is 0.116 e. The second kappa shape index (κ2) is 5.72. The molecule has 0 bridgehead atoms. The van der Waals surface area contributed by atoms with E-state index in [0.717, 1.165) is 21.8 Å². The SMILES string of the molecule is Oc1ccc(C=Cc2nc(-c3ccccc3)cs2)cc1. The van der Waals surface area contributed by atoms with Crippen molar-refractivity contribution >= 4 is 23.5 Å². The first-order chi connectivity index (χ1) is 9.81. The van der Waals surface area contributed by atoms with E-state index in [1.165, 1.54) is 0 Å². The zero-order chi connectivity index (χ0) is 13.8. The molecule has 1 N–H and O–H groups in total. The van der Waals surface area contributed by atoms with E-state index in [0.29, 0.717) is 0 Å². The first-order valence-electron chi connectivity index (χ1n) is 6.29. The molecule has 0 radical (unpaired) electrons. The van der Waals surface area contributed by atoms with Gasteiger partial charge < -0.3 is 5.11 Å². The van der Waals surface area contributed by atoms with Gasteiger partial charge in [0.2, 0.25) is 0 Å². The predicted octanol–water partition coefficient (Wildman–Crippen LogP) is 4.69. The van der Waals surface area contributed by atoms with E-state index in [2.05, 4.69) is 22.5 Å². The third kappa shape index (κ3) is 2.95. The third-order valence-electron chi connectivity index (χ3n) is 2.90. The van der Waals surface area contributed by atoms with E-state index in [1.54, 1.807) is 23.5 Å². The minimum atomic E-state index is 0.280. The summed E-state index contributed by atoms with van der Waals surface area (Å²) in [5.74, 6) is 0.280. The number of aromatic hydroxyl groups is 1. The van der Waals surface area contributed by atoms with Crippen molar-refractivity contribution in [1.82, 2.24) is 4.98 Å². The first kappa shape index (κ1) is 12.6. The Bertz CT molecular complexity index is 714. The number of hydrogen-bond donors (Lipinski definition) is 1. The molecule has 98 valence electrons. The van der Waals surface area contributed by atoms with Crippen LogP contribution < -0.4 is 0 Å². The molecule has 20 heavy (non-hydrogen) atoms. The van der Waals surface area contributed by atoms with Gasteiger partial charge in [0.25, 0.3) is 0 Å². The summed E-state index contributed by atoms with van der Waals surface area (Å²) in [6, 6.07) is 17.2. The lowest BCUT2D eigenvalue weighted by molar-refractivity contribution is 0.475. The van der Waals surface area contributed by atoms with Crippen LogP contribution >= 0.6 is 11.3 Å². The van der Waals surface area contributed by atoms with E-state index >= 15 is 0 Å². The van der Waals surface area contributed by atoms with Crippen molar-refractivity contribution < 1.29 is 5.11 Å². The molecule has 0 aliphatic rings. The summed E-state index contributed by atoms with van der Waals surface area (Å²) < 4.78 is 0. The molecule has 0 atom stereocenters. The molecule has 2 aromatic carbocycles. The second-order valence-electron chi connectivity index (χ2n) is 4.36. The van der Waals surface area contributed by atoms with Crippen LogP contribution in [0.25, 0.3) is 23.4 Å². The third-order valence-corrected chi connectivity index (χ3v) is 3.71. The van der Waals surface area contributed by atoms with Crippen molar-refractivity contribution in [3.05, 3.63) is 70.5 Å². The monoisotopic (exact) mass is 279 g/mol. The van der Waals surface area contributed by atoms with Gasteiger partial charge in [-0.2, -0.15) is 0 Å². The topological polar surface area (TPSA) is 33.1 Å². The molecule has 3 heteroatoms. The highest BCUT2D eigenvalue weighted by molar-refractivity contribution is 7.10. The molecule has 0 aliphatic heterocycles. The largest absolute Gasteiger partial charge is 0.508 e. The number of rotatable bonds is 3. The molecule has 3 rings (SSSR count). The Labute approximate surface area is 121 Å². The van der Waals surface area contributed by atoms with Crippen LogP contribution in [0.4, 0.5) is 0 Å². The van der Waals surface area contributed by atoms with Crippen molar-refractivity contribution in [3.8, 4) is 17.0 Å². The molecule has 0 amide bonds. The van der Waals surface area contributed by atoms with Crippen LogP contribution in [0.15, 0.2) is 60.0 Å². The molecule has 0 unspecified atom stereocenters. The normalized spacial score (nSPS) is 11.0. The molecule has 3 aromatic rings. The Hall–Kier alpha value is -2.39. The van der Waals surface area contributed by atoms with Gasteiger partial charge in [-0.25, -0.2) is 4.98 Å². The average Bonchev–Trinajstić information content (AvgIpc) is 2.97. The quantitative estimate of drug-likeness (QED) is 0.754. The van der Waals surface area contributed by atoms with Crippen LogP contribution in [0.2, 0.25) is 0 Å². The van der Waals surface area contributed by atoms with Crippen molar-refractivity contribution in [2.24, 2.45) is 0 Å². The Morgan fingerprint density at radius 3 is 2.40 bits per heavy atom. The zero-order valence-electron chi connectivity index (χ0n) is 10.7. The highest BCUT2D eigenvalue weighted by Crippen LogP contribution is 2.23. The highest BCUT2D eigenvalue weighted by Gasteiger charge is 2.01. The number of benzene rings is 2. The number of hydrogen-bond acceptors (Lipinski definition) is 3. The Morgan fingerprint density at radius 1 is 0.900 bits per heavy atom. The zero-order valence-corrected chi connectivity index (χ0v) is 11.5. The van der Waals surface area contributed by atoms with Gasteiger partial charge in [0.15, 0.2) is 0 Å². The molecular formula is C17H13NOS. The van der Waals surface area contributed by atoms with Gasteiger partial charge in [-0.15, -0.1) is 11.3 Å². The summed E-state index contributed by atoms with van der Waals surface area (Å²) in [7, 11) is 0. The van der Waals surface area contributed by atoms with Crippen LogP contribution in [0, 0.1) is 0 Å². The maximum atomic E-state index is 9.24. The van der Waals surface area contributed by atoms with Crippen LogP contribution in [-0.2, 0) is 0 Å². The average molecular weight is 279 g/mol. The fraction of sp³-hybridized carbons (Fsp3) is 0. The Kier molecular flexibility index (Phi) is 3.61. The van der Waals surface area contributed by atoms with Gasteiger partial charge >= 0.3 is 0 Å². The number of aromatic nitrogens is 1. The molecule has 1 aromatic heterocycles. The minimum Gasteiger partial charge on any atom is -0.508 e. The summed E-state index contributed by atoms with van der Waals surface area (Å²) in [6.45, 7) is 0. The van der Waals surface area contributed by atoms with E-state index in [4.69, 9.17) is 0 Å². The van der Waals surface area contributed by atoms with Gasteiger partial charge in [-0.1, -0.05) is 48.5 Å². The van der Waals surface area contributed by atoms with Gasteiger partial charge in [-0.3, -0.25) is 0 Å². The summed E-state index contributed by atoms with van der Waals surface area (Å²) >= 11 is 1.62. The minimum absolute atomic E-state index is 0.280. The summed E-state index contributed by atoms with van der Waals surface area (Å²) in [5, 5.41) is 12.3. The summed E-state index contributed by atoms with van der Waals surface area (Å²) in [6.07, 6.45) is 3.98. The molecule has 0 aliphatic carbocycles. The van der Waals surface area contributed by atoms with Crippen molar-refractivity contribution in [1.29, 1.82) is 0 Å². The van der Waals surface area contributed by atoms with Crippen LogP contribution in [-0.4, -0.2) is 10.1 Å². The summed E-state index contributed by atoms with van der Waals surface area (Å²) in [4.78, 5) is 4.60. The van der Waals surface area contributed by atoms with Gasteiger partial charge in [0.1, 0.15) is 10.8 Å². The van der Waals surface area contributed by atoms with Gasteiger partial charge in [0, 0.05) is 10.9 Å². The molecule has 0 fully saturated rings. The Balaban J connectivity index is 1.79. The molecule has 0 saturated heterocycles. The van der Waals surface area contributed by atoms with Crippen LogP contribution in [0.3, 0.4) is 0 Å². The number of thiazole rings is 1. The van der Waals surface area contributed by atoms with Crippen LogP contribution in [0.1, 0.15) is 10.6 Å².